The van der Waals surface area contributed by atoms with Crippen LogP contribution in [0.2, 0.25) is 0 Å². The molecule has 20 heavy (non-hydrogen) atoms. The zero-order valence-corrected chi connectivity index (χ0v) is 12.6. The highest BCUT2D eigenvalue weighted by atomic mass is 32.1. The highest BCUT2D eigenvalue weighted by Crippen LogP contribution is 2.29. The molecule has 1 aliphatic carbocycles. The number of carbonyl (C=O) groups excluding carboxylic acids is 1. The summed E-state index contributed by atoms with van der Waals surface area (Å²) >= 11 is 1.67. The first kappa shape index (κ1) is 13.4. The van der Waals surface area contributed by atoms with Crippen molar-refractivity contribution in [2.75, 3.05) is 0 Å². The molecule has 1 fully saturated rings. The van der Waals surface area contributed by atoms with E-state index < -0.39 is 0 Å². The summed E-state index contributed by atoms with van der Waals surface area (Å²) < 4.78 is 5.14. The van der Waals surface area contributed by atoms with Crippen LogP contribution in [0, 0.1) is 13.8 Å². The molecule has 0 bridgehead atoms. The normalized spacial score (nSPS) is 14.5. The highest BCUT2D eigenvalue weighted by Gasteiger charge is 2.33. The molecular weight excluding hydrogens is 272 g/mol. The average Bonchev–Trinajstić information content (AvgIpc) is 3.06. The van der Waals surface area contributed by atoms with Crippen LogP contribution in [0.4, 0.5) is 0 Å². The third-order valence-electron chi connectivity index (χ3n) is 3.75. The van der Waals surface area contributed by atoms with Gasteiger partial charge in [0, 0.05) is 18.2 Å². The molecule has 0 atom stereocenters. The van der Waals surface area contributed by atoms with Crippen LogP contribution in [-0.4, -0.2) is 22.0 Å². The van der Waals surface area contributed by atoms with Crippen molar-refractivity contribution in [3.05, 3.63) is 39.4 Å². The molecule has 1 aliphatic rings. The Bertz CT molecular complexity index is 580. The van der Waals surface area contributed by atoms with Crippen LogP contribution in [0.15, 0.2) is 21.3 Å². The smallest absolute Gasteiger partial charge is 0.227 e. The van der Waals surface area contributed by atoms with E-state index in [2.05, 4.69) is 22.0 Å². The van der Waals surface area contributed by atoms with E-state index >= 15 is 0 Å². The van der Waals surface area contributed by atoms with Crippen LogP contribution in [-0.2, 0) is 17.8 Å². The fourth-order valence-electron chi connectivity index (χ4n) is 2.39. The summed E-state index contributed by atoms with van der Waals surface area (Å²) in [5.74, 6) is 0.926. The van der Waals surface area contributed by atoms with Gasteiger partial charge in [0.15, 0.2) is 0 Å². The molecule has 0 aliphatic heterocycles. The summed E-state index contributed by atoms with van der Waals surface area (Å²) in [4.78, 5) is 14.6. The van der Waals surface area contributed by atoms with Crippen molar-refractivity contribution >= 4 is 17.2 Å². The van der Waals surface area contributed by atoms with Crippen LogP contribution >= 0.6 is 11.3 Å². The predicted molar refractivity (Wildman–Crippen MR) is 77.6 cm³/mol. The number of carbonyl (C=O) groups is 1. The SMILES string of the molecule is Cc1noc(C)c1CC(=O)N(Cc1ccsc1)C1CC1. The van der Waals surface area contributed by atoms with Gasteiger partial charge in [0.05, 0.1) is 12.1 Å². The monoisotopic (exact) mass is 290 g/mol. The highest BCUT2D eigenvalue weighted by molar-refractivity contribution is 7.07. The van der Waals surface area contributed by atoms with Crippen molar-refractivity contribution in [3.63, 3.8) is 0 Å². The fourth-order valence-corrected chi connectivity index (χ4v) is 3.05. The Labute approximate surface area is 122 Å². The Morgan fingerprint density at radius 2 is 2.30 bits per heavy atom. The lowest BCUT2D eigenvalue weighted by molar-refractivity contribution is -0.131. The Morgan fingerprint density at radius 3 is 2.85 bits per heavy atom. The molecule has 4 nitrogen and oxygen atoms in total. The quantitative estimate of drug-likeness (QED) is 0.850. The first-order valence-electron chi connectivity index (χ1n) is 6.87. The van der Waals surface area contributed by atoms with Gasteiger partial charge >= 0.3 is 0 Å². The summed E-state index contributed by atoms with van der Waals surface area (Å²) in [7, 11) is 0. The minimum absolute atomic E-state index is 0.174. The number of rotatable bonds is 5. The van der Waals surface area contributed by atoms with E-state index in [4.69, 9.17) is 4.52 Å². The van der Waals surface area contributed by atoms with Crippen molar-refractivity contribution in [3.8, 4) is 0 Å². The number of hydrogen-bond acceptors (Lipinski definition) is 4. The number of hydrogen-bond donors (Lipinski definition) is 0. The lowest BCUT2D eigenvalue weighted by Crippen LogP contribution is -2.33. The molecule has 106 valence electrons. The Hall–Kier alpha value is -1.62. The van der Waals surface area contributed by atoms with Crippen LogP contribution in [0.5, 0.6) is 0 Å². The maximum absolute atomic E-state index is 12.6. The second-order valence-electron chi connectivity index (χ2n) is 5.36. The fraction of sp³-hybridized carbons (Fsp3) is 0.467. The Morgan fingerprint density at radius 1 is 1.50 bits per heavy atom. The molecule has 0 aromatic carbocycles. The lowest BCUT2D eigenvalue weighted by atomic mass is 10.1. The standard InChI is InChI=1S/C15H18N2O2S/c1-10-14(11(2)19-16-10)7-15(18)17(13-3-4-13)8-12-5-6-20-9-12/h5-6,9,13H,3-4,7-8H2,1-2H3. The van der Waals surface area contributed by atoms with Crippen LogP contribution < -0.4 is 0 Å². The van der Waals surface area contributed by atoms with E-state index in [1.807, 2.05) is 18.7 Å². The molecule has 0 spiro atoms. The number of aromatic nitrogens is 1. The van der Waals surface area contributed by atoms with Gasteiger partial charge in [-0.05, 0) is 49.1 Å². The van der Waals surface area contributed by atoms with Gasteiger partial charge in [-0.1, -0.05) is 5.16 Å². The van der Waals surface area contributed by atoms with Crippen molar-refractivity contribution in [1.29, 1.82) is 0 Å². The predicted octanol–water partition coefficient (Wildman–Crippen LogP) is 3.09. The third kappa shape index (κ3) is 2.77. The third-order valence-corrected chi connectivity index (χ3v) is 4.48. The van der Waals surface area contributed by atoms with Gasteiger partial charge < -0.3 is 9.42 Å². The van der Waals surface area contributed by atoms with E-state index in [9.17, 15) is 4.79 Å². The van der Waals surface area contributed by atoms with Crippen molar-refractivity contribution in [1.82, 2.24) is 10.1 Å². The number of aryl methyl sites for hydroxylation is 2. The molecule has 2 aromatic heterocycles. The van der Waals surface area contributed by atoms with Gasteiger partial charge in [0.2, 0.25) is 5.91 Å². The van der Waals surface area contributed by atoms with Crippen LogP contribution in [0.25, 0.3) is 0 Å². The molecule has 2 heterocycles. The summed E-state index contributed by atoms with van der Waals surface area (Å²) in [6, 6.07) is 2.51. The maximum atomic E-state index is 12.6. The van der Waals surface area contributed by atoms with Gasteiger partial charge in [0.25, 0.3) is 0 Å². The molecule has 1 amide bonds. The summed E-state index contributed by atoms with van der Waals surface area (Å²) in [5.41, 5.74) is 2.97. The second kappa shape index (κ2) is 5.40. The summed E-state index contributed by atoms with van der Waals surface area (Å²) in [6.07, 6.45) is 2.64. The van der Waals surface area contributed by atoms with Gasteiger partial charge in [0.1, 0.15) is 5.76 Å². The van der Waals surface area contributed by atoms with Crippen molar-refractivity contribution in [2.24, 2.45) is 0 Å². The zero-order valence-electron chi connectivity index (χ0n) is 11.8. The number of nitrogens with zero attached hydrogens (tertiary/aromatic N) is 2. The molecule has 0 radical (unpaired) electrons. The minimum Gasteiger partial charge on any atom is -0.361 e. The minimum atomic E-state index is 0.174. The lowest BCUT2D eigenvalue weighted by Gasteiger charge is -2.22. The average molecular weight is 290 g/mol. The zero-order chi connectivity index (χ0) is 14.1. The van der Waals surface area contributed by atoms with Crippen LogP contribution in [0.1, 0.15) is 35.4 Å². The van der Waals surface area contributed by atoms with Crippen molar-refractivity contribution in [2.45, 2.75) is 45.7 Å². The topological polar surface area (TPSA) is 46.3 Å². The molecule has 1 saturated carbocycles. The van der Waals surface area contributed by atoms with Gasteiger partial charge in [-0.2, -0.15) is 11.3 Å². The maximum Gasteiger partial charge on any atom is 0.227 e. The second-order valence-corrected chi connectivity index (χ2v) is 6.14. The van der Waals surface area contributed by atoms with Crippen molar-refractivity contribution < 1.29 is 9.32 Å². The van der Waals surface area contributed by atoms with E-state index in [0.29, 0.717) is 12.5 Å². The molecule has 3 rings (SSSR count). The summed E-state index contributed by atoms with van der Waals surface area (Å²) in [6.45, 7) is 4.47. The summed E-state index contributed by atoms with van der Waals surface area (Å²) in [5, 5.41) is 8.09. The molecule has 0 saturated heterocycles. The van der Waals surface area contributed by atoms with E-state index in [1.54, 1.807) is 11.3 Å². The molecule has 2 aromatic rings. The van der Waals surface area contributed by atoms with Gasteiger partial charge in [-0.25, -0.2) is 0 Å². The Kier molecular flexibility index (Phi) is 3.61. The molecule has 0 N–H and O–H groups in total. The molecule has 5 heteroatoms. The Balaban J connectivity index is 1.73. The first-order valence-corrected chi connectivity index (χ1v) is 7.81. The van der Waals surface area contributed by atoms with E-state index in [-0.39, 0.29) is 5.91 Å². The first-order chi connectivity index (χ1) is 9.65. The van der Waals surface area contributed by atoms with Crippen LogP contribution in [0.3, 0.4) is 0 Å². The van der Waals surface area contributed by atoms with E-state index in [1.165, 1.54) is 5.56 Å². The van der Waals surface area contributed by atoms with E-state index in [0.717, 1.165) is 36.4 Å². The number of amides is 1. The molecule has 0 unspecified atom stereocenters. The van der Waals surface area contributed by atoms with Gasteiger partial charge in [-0.3, -0.25) is 4.79 Å². The largest absolute Gasteiger partial charge is 0.361 e. The molecular formula is C15H18N2O2S. The van der Waals surface area contributed by atoms with Gasteiger partial charge in [-0.15, -0.1) is 0 Å². The number of thiophene rings is 1.